The molecule has 0 bridgehead atoms. The largest absolute Gasteiger partial charge is 0.368 e. The normalized spacial score (nSPS) is 18.4. The summed E-state index contributed by atoms with van der Waals surface area (Å²) in [4.78, 5) is 13.0. The van der Waals surface area contributed by atoms with Gasteiger partial charge in [0.15, 0.2) is 11.5 Å². The summed E-state index contributed by atoms with van der Waals surface area (Å²) in [7, 11) is 2.17. The smallest absolute Gasteiger partial charge is 0.182 e. The lowest BCUT2D eigenvalue weighted by Crippen LogP contribution is -2.48. The van der Waals surface area contributed by atoms with E-state index in [4.69, 9.17) is 5.26 Å². The van der Waals surface area contributed by atoms with E-state index < -0.39 is 0 Å². The van der Waals surface area contributed by atoms with Crippen molar-refractivity contribution in [1.82, 2.24) is 19.8 Å². The highest BCUT2D eigenvalue weighted by atomic mass is 15.3. The van der Waals surface area contributed by atoms with E-state index in [0.717, 1.165) is 39.1 Å². The van der Waals surface area contributed by atoms with Crippen LogP contribution in [0.1, 0.15) is 19.0 Å². The fourth-order valence-electron chi connectivity index (χ4n) is 2.39. The maximum atomic E-state index is 8.95. The number of aromatic nitrogens is 2. The number of nitriles is 1. The van der Waals surface area contributed by atoms with Gasteiger partial charge in [-0.1, -0.05) is 0 Å². The topological polar surface area (TPSA) is 68.1 Å². The second-order valence-corrected chi connectivity index (χ2v) is 5.27. The minimum Gasteiger partial charge on any atom is -0.368 e. The van der Waals surface area contributed by atoms with E-state index in [2.05, 4.69) is 39.1 Å². The Morgan fingerprint density at radius 1 is 1.30 bits per heavy atom. The number of hydrogen-bond acceptors (Lipinski definition) is 6. The summed E-state index contributed by atoms with van der Waals surface area (Å²) in [6.45, 7) is 7.61. The van der Waals surface area contributed by atoms with Crippen LogP contribution in [0.15, 0.2) is 12.4 Å². The van der Waals surface area contributed by atoms with Gasteiger partial charge >= 0.3 is 0 Å². The van der Waals surface area contributed by atoms with Gasteiger partial charge in [0.25, 0.3) is 0 Å². The van der Waals surface area contributed by atoms with Gasteiger partial charge in [-0.25, -0.2) is 9.97 Å². The third-order valence-corrected chi connectivity index (χ3v) is 3.82. The maximum Gasteiger partial charge on any atom is 0.182 e. The number of anilines is 1. The number of piperazine rings is 1. The van der Waals surface area contributed by atoms with Crippen molar-refractivity contribution in [2.75, 3.05) is 45.1 Å². The molecule has 1 unspecified atom stereocenters. The van der Waals surface area contributed by atoms with Crippen molar-refractivity contribution in [3.63, 3.8) is 0 Å². The lowest BCUT2D eigenvalue weighted by molar-refractivity contribution is 0.116. The number of nitrogens with zero attached hydrogens (tertiary/aromatic N) is 5. The van der Waals surface area contributed by atoms with Crippen LogP contribution in [0.2, 0.25) is 0 Å². The average molecular weight is 274 g/mol. The molecule has 1 atom stereocenters. The summed E-state index contributed by atoms with van der Waals surface area (Å²) in [5.74, 6) is 0.584. The van der Waals surface area contributed by atoms with Gasteiger partial charge in [-0.05, 0) is 20.4 Å². The fourth-order valence-corrected chi connectivity index (χ4v) is 2.39. The van der Waals surface area contributed by atoms with E-state index in [-0.39, 0.29) is 0 Å². The van der Waals surface area contributed by atoms with Gasteiger partial charge in [-0.2, -0.15) is 5.26 Å². The first kappa shape index (κ1) is 14.7. The zero-order valence-electron chi connectivity index (χ0n) is 12.2. The molecule has 0 amide bonds. The van der Waals surface area contributed by atoms with E-state index in [1.807, 2.05) is 6.07 Å². The Morgan fingerprint density at radius 3 is 2.70 bits per heavy atom. The molecule has 1 aromatic heterocycles. The first-order chi connectivity index (χ1) is 9.70. The summed E-state index contributed by atoms with van der Waals surface area (Å²) in [6.07, 6.45) is 4.18. The van der Waals surface area contributed by atoms with Crippen LogP contribution >= 0.6 is 0 Å². The Labute approximate surface area is 120 Å². The number of likely N-dealkylation sites (N-methyl/N-ethyl adjacent to an activating group) is 1. The quantitative estimate of drug-likeness (QED) is 0.856. The van der Waals surface area contributed by atoms with Gasteiger partial charge in [0.1, 0.15) is 6.07 Å². The van der Waals surface area contributed by atoms with Gasteiger partial charge < -0.3 is 10.2 Å². The molecule has 6 heteroatoms. The molecule has 1 aliphatic rings. The number of rotatable bonds is 5. The molecule has 1 aromatic rings. The second-order valence-electron chi connectivity index (χ2n) is 5.27. The molecule has 1 fully saturated rings. The van der Waals surface area contributed by atoms with Crippen molar-refractivity contribution in [3.8, 4) is 6.07 Å². The van der Waals surface area contributed by atoms with E-state index in [0.29, 0.717) is 17.6 Å². The lowest BCUT2D eigenvalue weighted by Gasteiger charge is -2.36. The molecule has 1 saturated heterocycles. The summed E-state index contributed by atoms with van der Waals surface area (Å²) >= 11 is 0. The molecule has 0 radical (unpaired) electrons. The van der Waals surface area contributed by atoms with E-state index >= 15 is 0 Å². The van der Waals surface area contributed by atoms with Gasteiger partial charge in [0.2, 0.25) is 0 Å². The highest BCUT2D eigenvalue weighted by molar-refractivity contribution is 5.46. The van der Waals surface area contributed by atoms with Gasteiger partial charge in [0, 0.05) is 51.2 Å². The van der Waals surface area contributed by atoms with Gasteiger partial charge in [0.05, 0.1) is 0 Å². The van der Waals surface area contributed by atoms with Crippen molar-refractivity contribution in [1.29, 1.82) is 5.26 Å². The highest BCUT2D eigenvalue weighted by Gasteiger charge is 2.18. The van der Waals surface area contributed by atoms with Crippen LogP contribution in [-0.4, -0.2) is 65.6 Å². The maximum absolute atomic E-state index is 8.95. The number of nitrogens with one attached hydrogen (secondary N) is 1. The molecule has 0 spiro atoms. The standard InChI is InChI=1S/C14H22N6/c1-12(20-9-7-19(2)8-10-20)3-4-17-14-13(11-15)16-5-6-18-14/h5-6,12H,3-4,7-10H2,1-2H3,(H,17,18). The molecule has 20 heavy (non-hydrogen) atoms. The van der Waals surface area contributed by atoms with E-state index in [1.165, 1.54) is 6.20 Å². The Kier molecular flexibility index (Phi) is 5.27. The van der Waals surface area contributed by atoms with Crippen molar-refractivity contribution < 1.29 is 0 Å². The minimum atomic E-state index is 0.361. The predicted molar refractivity (Wildman–Crippen MR) is 78.4 cm³/mol. The zero-order chi connectivity index (χ0) is 14.4. The molecule has 2 rings (SSSR count). The monoisotopic (exact) mass is 274 g/mol. The SMILES string of the molecule is CC(CCNc1nccnc1C#N)N1CCN(C)CC1. The minimum absolute atomic E-state index is 0.361. The highest BCUT2D eigenvalue weighted by Crippen LogP contribution is 2.10. The number of hydrogen-bond donors (Lipinski definition) is 1. The molecule has 0 saturated carbocycles. The lowest BCUT2D eigenvalue weighted by atomic mass is 10.1. The molecular formula is C14H22N6. The van der Waals surface area contributed by atoms with Gasteiger partial charge in [-0.3, -0.25) is 4.90 Å². The fraction of sp³-hybridized carbons (Fsp3) is 0.643. The molecule has 0 aromatic carbocycles. The summed E-state index contributed by atoms with van der Waals surface area (Å²) in [5, 5.41) is 12.2. The van der Waals surface area contributed by atoms with Crippen LogP contribution < -0.4 is 5.32 Å². The molecule has 0 aliphatic carbocycles. The summed E-state index contributed by atoms with van der Waals surface area (Å²) < 4.78 is 0. The Morgan fingerprint density at radius 2 is 2.00 bits per heavy atom. The summed E-state index contributed by atoms with van der Waals surface area (Å²) in [6, 6.07) is 2.59. The molecule has 2 heterocycles. The average Bonchev–Trinajstić information content (AvgIpc) is 2.48. The van der Waals surface area contributed by atoms with Crippen molar-refractivity contribution in [3.05, 3.63) is 18.1 Å². The first-order valence-electron chi connectivity index (χ1n) is 7.08. The van der Waals surface area contributed by atoms with Crippen molar-refractivity contribution >= 4 is 5.82 Å². The third-order valence-electron chi connectivity index (χ3n) is 3.82. The van der Waals surface area contributed by atoms with Crippen LogP contribution in [0.5, 0.6) is 0 Å². The van der Waals surface area contributed by atoms with Crippen molar-refractivity contribution in [2.45, 2.75) is 19.4 Å². The van der Waals surface area contributed by atoms with Crippen LogP contribution in [-0.2, 0) is 0 Å². The molecular weight excluding hydrogens is 252 g/mol. The van der Waals surface area contributed by atoms with E-state index in [1.54, 1.807) is 6.20 Å². The molecule has 1 aliphatic heterocycles. The first-order valence-corrected chi connectivity index (χ1v) is 7.08. The zero-order valence-corrected chi connectivity index (χ0v) is 12.2. The Bertz CT molecular complexity index is 461. The van der Waals surface area contributed by atoms with Crippen LogP contribution in [0.3, 0.4) is 0 Å². The molecule has 1 N–H and O–H groups in total. The molecule has 6 nitrogen and oxygen atoms in total. The third kappa shape index (κ3) is 3.89. The Hall–Kier alpha value is -1.71. The van der Waals surface area contributed by atoms with Crippen molar-refractivity contribution in [2.24, 2.45) is 0 Å². The second kappa shape index (κ2) is 7.17. The summed E-state index contributed by atoms with van der Waals surface area (Å²) in [5.41, 5.74) is 0.361. The van der Waals surface area contributed by atoms with E-state index in [9.17, 15) is 0 Å². The van der Waals surface area contributed by atoms with Gasteiger partial charge in [-0.15, -0.1) is 0 Å². The van der Waals surface area contributed by atoms with Crippen LogP contribution in [0.4, 0.5) is 5.82 Å². The molecule has 108 valence electrons. The predicted octanol–water partition coefficient (Wildman–Crippen LogP) is 0.786. The Balaban J connectivity index is 1.77. The van der Waals surface area contributed by atoms with Crippen LogP contribution in [0.25, 0.3) is 0 Å². The van der Waals surface area contributed by atoms with Crippen LogP contribution in [0, 0.1) is 11.3 Å².